The Bertz CT molecular complexity index is 1360. The second kappa shape index (κ2) is 9.32. The van der Waals surface area contributed by atoms with Crippen LogP contribution in [-0.4, -0.2) is 25.3 Å². The predicted octanol–water partition coefficient (Wildman–Crippen LogP) is 5.28. The maximum atomic E-state index is 12.5. The van der Waals surface area contributed by atoms with Crippen molar-refractivity contribution in [1.29, 1.82) is 5.41 Å². The molecule has 3 aromatic carbocycles. The third-order valence-corrected chi connectivity index (χ3v) is 6.35. The molecule has 1 atom stereocenters. The molecule has 8 nitrogen and oxygen atoms in total. The van der Waals surface area contributed by atoms with Crippen molar-refractivity contribution in [2.24, 2.45) is 5.73 Å². The number of amides is 1. The summed E-state index contributed by atoms with van der Waals surface area (Å²) < 4.78 is 23.4. The lowest BCUT2D eigenvalue weighted by Crippen LogP contribution is -2.21. The molecule has 0 saturated carbocycles. The molecule has 1 unspecified atom stereocenters. The minimum Gasteiger partial charge on any atom is -0.481 e. The first-order valence-electron chi connectivity index (χ1n) is 10.5. The van der Waals surface area contributed by atoms with Gasteiger partial charge >= 0.3 is 6.09 Å². The topological polar surface area (TPSA) is 116 Å². The minimum absolute atomic E-state index is 0.00952. The van der Waals surface area contributed by atoms with Gasteiger partial charge in [-0.05, 0) is 35.9 Å². The first-order chi connectivity index (χ1) is 16.6. The molecular weight excluding hydrogens is 454 g/mol. The maximum absolute atomic E-state index is 12.5. The number of carbonyl (C=O) groups is 1. The summed E-state index contributed by atoms with van der Waals surface area (Å²) in [5.41, 5.74) is 7.06. The molecule has 0 bridgehead atoms. The van der Waals surface area contributed by atoms with Crippen LogP contribution in [0.4, 0.5) is 10.5 Å². The number of nitrogens with two attached hydrogens (primary N) is 1. The lowest BCUT2D eigenvalue weighted by Gasteiger charge is -2.20. The fourth-order valence-corrected chi connectivity index (χ4v) is 4.51. The first kappa shape index (κ1) is 21.6. The third-order valence-electron chi connectivity index (χ3n) is 5.21. The van der Waals surface area contributed by atoms with Gasteiger partial charge in [0, 0.05) is 21.8 Å². The molecule has 9 heteroatoms. The van der Waals surface area contributed by atoms with E-state index >= 15 is 0 Å². The van der Waals surface area contributed by atoms with E-state index in [1.807, 2.05) is 54.6 Å². The minimum atomic E-state index is -0.615. The van der Waals surface area contributed by atoms with Gasteiger partial charge in [0.15, 0.2) is 17.6 Å². The molecule has 1 amide bonds. The van der Waals surface area contributed by atoms with E-state index in [2.05, 4.69) is 5.32 Å². The summed E-state index contributed by atoms with van der Waals surface area (Å²) >= 11 is 1.43. The number of thiophene rings is 1. The SMILES string of the molecule is N=C(N)c1cc2c(OC(COC(=O)Nc3ccc4c(c3)OCO4)c3ccccc3)cccc2s1. The molecule has 0 saturated heterocycles. The number of nitrogens with one attached hydrogen (secondary N) is 2. The first-order valence-corrected chi connectivity index (χ1v) is 11.3. The smallest absolute Gasteiger partial charge is 0.411 e. The number of anilines is 1. The molecule has 1 aromatic heterocycles. The number of fused-ring (bicyclic) bond motifs is 2. The van der Waals surface area contributed by atoms with E-state index in [0.717, 1.165) is 15.6 Å². The van der Waals surface area contributed by atoms with Crippen LogP contribution >= 0.6 is 11.3 Å². The van der Waals surface area contributed by atoms with Gasteiger partial charge in [-0.15, -0.1) is 11.3 Å². The summed E-state index contributed by atoms with van der Waals surface area (Å²) in [6.07, 6.45) is -1.16. The highest BCUT2D eigenvalue weighted by atomic mass is 32.1. The van der Waals surface area contributed by atoms with Crippen LogP contribution in [0.15, 0.2) is 72.8 Å². The van der Waals surface area contributed by atoms with Crippen LogP contribution in [0, 0.1) is 5.41 Å². The van der Waals surface area contributed by atoms with Crippen molar-refractivity contribution < 1.29 is 23.7 Å². The van der Waals surface area contributed by atoms with Crippen LogP contribution in [-0.2, 0) is 4.74 Å². The Morgan fingerprint density at radius 1 is 1.06 bits per heavy atom. The number of benzene rings is 3. The highest BCUT2D eigenvalue weighted by Gasteiger charge is 2.20. The molecule has 1 aliphatic rings. The fraction of sp³-hybridized carbons (Fsp3) is 0.120. The van der Waals surface area contributed by atoms with Crippen LogP contribution in [0.3, 0.4) is 0 Å². The Morgan fingerprint density at radius 2 is 1.88 bits per heavy atom. The highest BCUT2D eigenvalue weighted by molar-refractivity contribution is 7.20. The van der Waals surface area contributed by atoms with Crippen LogP contribution in [0.25, 0.3) is 10.1 Å². The molecule has 0 aliphatic carbocycles. The average Bonchev–Trinajstić information content (AvgIpc) is 3.49. The molecule has 4 N–H and O–H groups in total. The number of carbonyl (C=O) groups excluding carboxylic acids is 1. The van der Waals surface area contributed by atoms with Crippen LogP contribution in [0.1, 0.15) is 16.5 Å². The number of hydrogen-bond acceptors (Lipinski definition) is 7. The summed E-state index contributed by atoms with van der Waals surface area (Å²) in [6, 6.07) is 22.2. The van der Waals surface area contributed by atoms with Crippen LogP contribution in [0.5, 0.6) is 17.2 Å². The number of hydrogen-bond donors (Lipinski definition) is 3. The van der Waals surface area contributed by atoms with Gasteiger partial charge in [-0.2, -0.15) is 0 Å². The van der Waals surface area contributed by atoms with Crippen molar-refractivity contribution in [2.75, 3.05) is 18.7 Å². The van der Waals surface area contributed by atoms with Crippen molar-refractivity contribution in [2.45, 2.75) is 6.10 Å². The Morgan fingerprint density at radius 3 is 2.71 bits per heavy atom. The molecule has 1 aliphatic heterocycles. The maximum Gasteiger partial charge on any atom is 0.411 e. The zero-order chi connectivity index (χ0) is 23.5. The van der Waals surface area contributed by atoms with Crippen molar-refractivity contribution in [3.8, 4) is 17.2 Å². The van der Waals surface area contributed by atoms with Gasteiger partial charge in [0.25, 0.3) is 0 Å². The molecule has 2 heterocycles. The molecule has 0 fully saturated rings. The molecule has 0 radical (unpaired) electrons. The number of ether oxygens (including phenoxy) is 4. The molecule has 0 spiro atoms. The largest absolute Gasteiger partial charge is 0.481 e. The van der Waals surface area contributed by atoms with E-state index in [4.69, 9.17) is 30.1 Å². The summed E-state index contributed by atoms with van der Waals surface area (Å²) in [4.78, 5) is 13.2. The normalized spacial score (nSPS) is 12.8. The Balaban J connectivity index is 1.32. The van der Waals surface area contributed by atoms with Gasteiger partial charge in [0.1, 0.15) is 18.2 Å². The van der Waals surface area contributed by atoms with Crippen molar-refractivity contribution in [3.63, 3.8) is 0 Å². The van der Waals surface area contributed by atoms with Gasteiger partial charge in [-0.3, -0.25) is 10.7 Å². The summed E-state index contributed by atoms with van der Waals surface area (Å²) in [5.74, 6) is 1.83. The quantitative estimate of drug-likeness (QED) is 0.247. The van der Waals surface area contributed by atoms with Gasteiger partial charge in [-0.25, -0.2) is 4.79 Å². The Kier molecular flexibility index (Phi) is 5.92. The van der Waals surface area contributed by atoms with Crippen molar-refractivity contribution >= 4 is 39.0 Å². The fourth-order valence-electron chi connectivity index (χ4n) is 3.57. The summed E-state index contributed by atoms with van der Waals surface area (Å²) in [7, 11) is 0. The Hall–Kier alpha value is -4.24. The van der Waals surface area contributed by atoms with E-state index in [-0.39, 0.29) is 19.2 Å². The summed E-state index contributed by atoms with van der Waals surface area (Å²) in [5, 5.41) is 11.3. The standard InChI is InChI=1S/C25H21N3O5S/c26-24(27)23-12-17-18(7-4-8-22(17)34-23)33-21(15-5-2-1-3-6-15)13-30-25(29)28-16-9-10-19-20(11-16)32-14-31-19/h1-12,21H,13-14H2,(H3,26,27)(H,28,29). The molecule has 4 aromatic rings. The number of nitrogen functional groups attached to an aromatic ring is 1. The van der Waals surface area contributed by atoms with E-state index in [1.165, 1.54) is 11.3 Å². The lowest BCUT2D eigenvalue weighted by atomic mass is 10.1. The van der Waals surface area contributed by atoms with Gasteiger partial charge in [-0.1, -0.05) is 36.4 Å². The number of rotatable bonds is 7. The molecule has 5 rings (SSSR count). The van der Waals surface area contributed by atoms with Crippen LogP contribution in [0.2, 0.25) is 0 Å². The second-order valence-corrected chi connectivity index (χ2v) is 8.58. The molecule has 172 valence electrons. The lowest BCUT2D eigenvalue weighted by molar-refractivity contribution is 0.0910. The highest BCUT2D eigenvalue weighted by Crippen LogP contribution is 2.36. The predicted molar refractivity (Wildman–Crippen MR) is 130 cm³/mol. The second-order valence-electron chi connectivity index (χ2n) is 7.50. The van der Waals surface area contributed by atoms with Crippen LogP contribution < -0.4 is 25.3 Å². The zero-order valence-corrected chi connectivity index (χ0v) is 18.8. The Labute approximate surface area is 199 Å². The van der Waals surface area contributed by atoms with Crippen molar-refractivity contribution in [1.82, 2.24) is 0 Å². The van der Waals surface area contributed by atoms with E-state index in [0.29, 0.717) is 27.8 Å². The van der Waals surface area contributed by atoms with Crippen molar-refractivity contribution in [3.05, 3.63) is 83.2 Å². The monoisotopic (exact) mass is 475 g/mol. The summed E-state index contributed by atoms with van der Waals surface area (Å²) in [6.45, 7) is 0.143. The van der Waals surface area contributed by atoms with Gasteiger partial charge < -0.3 is 24.7 Å². The average molecular weight is 476 g/mol. The van der Waals surface area contributed by atoms with E-state index in [1.54, 1.807) is 18.2 Å². The number of amidine groups is 1. The third kappa shape index (κ3) is 4.60. The van der Waals surface area contributed by atoms with E-state index in [9.17, 15) is 4.79 Å². The molecule has 34 heavy (non-hydrogen) atoms. The molecular formula is C25H21N3O5S. The zero-order valence-electron chi connectivity index (χ0n) is 17.9. The van der Waals surface area contributed by atoms with Gasteiger partial charge in [0.2, 0.25) is 6.79 Å². The van der Waals surface area contributed by atoms with Gasteiger partial charge in [0.05, 0.1) is 4.88 Å². The van der Waals surface area contributed by atoms with E-state index < -0.39 is 12.2 Å².